The molecule has 1 saturated heterocycles. The number of urea groups is 1. The van der Waals surface area contributed by atoms with E-state index in [1.165, 1.54) is 0 Å². The van der Waals surface area contributed by atoms with Crippen LogP contribution in [0, 0.1) is 11.3 Å². The van der Waals surface area contributed by atoms with Crippen LogP contribution >= 0.6 is 0 Å². The summed E-state index contributed by atoms with van der Waals surface area (Å²) in [4.78, 5) is 25.0. The molecule has 5 nitrogen and oxygen atoms in total. The van der Waals surface area contributed by atoms with Gasteiger partial charge in [0, 0.05) is 19.6 Å². The van der Waals surface area contributed by atoms with E-state index in [0.29, 0.717) is 26.1 Å². The number of aliphatic carboxylic acids is 1. The van der Waals surface area contributed by atoms with Gasteiger partial charge in [0.05, 0.1) is 5.41 Å². The highest BCUT2D eigenvalue weighted by Gasteiger charge is 2.48. The maximum absolute atomic E-state index is 11.9. The Kier molecular flexibility index (Phi) is 5.39. The third-order valence-electron chi connectivity index (χ3n) is 3.98. The Morgan fingerprint density at radius 1 is 1.53 bits per heavy atom. The van der Waals surface area contributed by atoms with Crippen molar-refractivity contribution in [3.8, 4) is 0 Å². The van der Waals surface area contributed by atoms with Gasteiger partial charge in [-0.25, -0.2) is 4.79 Å². The largest absolute Gasteiger partial charge is 0.481 e. The van der Waals surface area contributed by atoms with Gasteiger partial charge in [0.2, 0.25) is 0 Å². The third kappa shape index (κ3) is 3.49. The van der Waals surface area contributed by atoms with Crippen LogP contribution in [0.5, 0.6) is 0 Å². The summed E-state index contributed by atoms with van der Waals surface area (Å²) in [5.41, 5.74) is -0.793. The molecule has 108 valence electrons. The fourth-order valence-corrected chi connectivity index (χ4v) is 2.45. The van der Waals surface area contributed by atoms with E-state index in [9.17, 15) is 14.7 Å². The average molecular weight is 268 g/mol. The minimum absolute atomic E-state index is 0.0172. The Morgan fingerprint density at radius 3 is 2.68 bits per heavy atom. The van der Waals surface area contributed by atoms with Crippen molar-refractivity contribution in [2.24, 2.45) is 11.3 Å². The van der Waals surface area contributed by atoms with Crippen LogP contribution in [0.25, 0.3) is 0 Å². The van der Waals surface area contributed by atoms with Crippen molar-refractivity contribution in [2.45, 2.75) is 33.1 Å². The lowest BCUT2D eigenvalue weighted by molar-refractivity contribution is -0.150. The van der Waals surface area contributed by atoms with Gasteiger partial charge in [-0.1, -0.05) is 19.9 Å². The topological polar surface area (TPSA) is 69.6 Å². The molecule has 2 amide bonds. The van der Waals surface area contributed by atoms with Crippen molar-refractivity contribution in [3.63, 3.8) is 0 Å². The van der Waals surface area contributed by atoms with Crippen LogP contribution in [0.3, 0.4) is 0 Å². The number of carbonyl (C=O) groups is 2. The summed E-state index contributed by atoms with van der Waals surface area (Å²) in [5, 5.41) is 12.2. The molecule has 0 aromatic heterocycles. The lowest BCUT2D eigenvalue weighted by atomic mass is 9.76. The summed E-state index contributed by atoms with van der Waals surface area (Å²) in [7, 11) is 0. The quantitative estimate of drug-likeness (QED) is 0.572. The molecule has 0 radical (unpaired) electrons. The Hall–Kier alpha value is -1.52. The normalized spacial score (nSPS) is 22.6. The Morgan fingerprint density at radius 2 is 2.21 bits per heavy atom. The zero-order valence-corrected chi connectivity index (χ0v) is 11.8. The second-order valence-corrected chi connectivity index (χ2v) is 5.45. The van der Waals surface area contributed by atoms with Crippen LogP contribution in [0.15, 0.2) is 12.7 Å². The standard InChI is InChI=1S/C14H24N2O3/c1-4-5-6-8-15-13(19)16-9-7-14(10-16,11(2)3)12(17)18/h4,11H,1,5-10H2,2-3H3,(H,15,19)(H,17,18). The Labute approximate surface area is 114 Å². The number of allylic oxidation sites excluding steroid dienone is 1. The number of rotatable bonds is 6. The molecule has 0 bridgehead atoms. The monoisotopic (exact) mass is 268 g/mol. The van der Waals surface area contributed by atoms with Gasteiger partial charge in [0.25, 0.3) is 0 Å². The SMILES string of the molecule is C=CCCCNC(=O)N1CCC(C(=O)O)(C(C)C)C1. The number of nitrogens with zero attached hydrogens (tertiary/aromatic N) is 1. The highest BCUT2D eigenvalue weighted by atomic mass is 16.4. The average Bonchev–Trinajstić information content (AvgIpc) is 2.81. The van der Waals surface area contributed by atoms with E-state index in [2.05, 4.69) is 11.9 Å². The molecule has 0 aromatic rings. The van der Waals surface area contributed by atoms with Gasteiger partial charge in [0.1, 0.15) is 0 Å². The van der Waals surface area contributed by atoms with Crippen LogP contribution in [0.2, 0.25) is 0 Å². The first-order chi connectivity index (χ1) is 8.94. The number of hydrogen-bond donors (Lipinski definition) is 2. The van der Waals surface area contributed by atoms with Crippen LogP contribution in [0.4, 0.5) is 4.79 Å². The van der Waals surface area contributed by atoms with E-state index >= 15 is 0 Å². The Balaban J connectivity index is 2.52. The van der Waals surface area contributed by atoms with E-state index in [4.69, 9.17) is 0 Å². The van der Waals surface area contributed by atoms with E-state index in [1.807, 2.05) is 19.9 Å². The second kappa shape index (κ2) is 6.59. The lowest BCUT2D eigenvalue weighted by Crippen LogP contribution is -2.43. The Bertz CT molecular complexity index is 355. The van der Waals surface area contributed by atoms with E-state index in [0.717, 1.165) is 12.8 Å². The molecule has 0 aromatic carbocycles. The molecule has 0 spiro atoms. The number of hydrogen-bond acceptors (Lipinski definition) is 2. The first kappa shape index (κ1) is 15.5. The molecule has 2 N–H and O–H groups in total. The van der Waals surface area contributed by atoms with E-state index in [1.54, 1.807) is 4.90 Å². The number of amides is 2. The van der Waals surface area contributed by atoms with Gasteiger partial charge in [-0.3, -0.25) is 4.79 Å². The van der Waals surface area contributed by atoms with Crippen LogP contribution in [-0.4, -0.2) is 41.6 Å². The molecule has 5 heteroatoms. The fraction of sp³-hybridized carbons (Fsp3) is 0.714. The third-order valence-corrected chi connectivity index (χ3v) is 3.98. The maximum Gasteiger partial charge on any atom is 0.317 e. The maximum atomic E-state index is 11.9. The molecule has 19 heavy (non-hydrogen) atoms. The molecule has 1 rings (SSSR count). The van der Waals surface area contributed by atoms with Gasteiger partial charge in [-0.2, -0.15) is 0 Å². The van der Waals surface area contributed by atoms with Crippen molar-refractivity contribution in [2.75, 3.05) is 19.6 Å². The highest BCUT2D eigenvalue weighted by Crippen LogP contribution is 2.38. The van der Waals surface area contributed by atoms with Gasteiger partial charge < -0.3 is 15.3 Å². The van der Waals surface area contributed by atoms with Gasteiger partial charge in [-0.15, -0.1) is 6.58 Å². The lowest BCUT2D eigenvalue weighted by Gasteiger charge is -2.28. The number of nitrogens with one attached hydrogen (secondary N) is 1. The highest BCUT2D eigenvalue weighted by molar-refractivity contribution is 5.80. The van der Waals surface area contributed by atoms with E-state index < -0.39 is 11.4 Å². The molecule has 1 atom stereocenters. The molecule has 0 aliphatic carbocycles. The van der Waals surface area contributed by atoms with Crippen molar-refractivity contribution in [1.29, 1.82) is 0 Å². The van der Waals surface area contributed by atoms with E-state index in [-0.39, 0.29) is 11.9 Å². The molecule has 1 aliphatic heterocycles. The smallest absolute Gasteiger partial charge is 0.317 e. The molecule has 1 fully saturated rings. The summed E-state index contributed by atoms with van der Waals surface area (Å²) >= 11 is 0. The first-order valence-electron chi connectivity index (χ1n) is 6.81. The molecule has 1 heterocycles. The second-order valence-electron chi connectivity index (χ2n) is 5.45. The summed E-state index contributed by atoms with van der Waals surface area (Å²) < 4.78 is 0. The zero-order valence-electron chi connectivity index (χ0n) is 11.8. The molecule has 1 unspecified atom stereocenters. The number of likely N-dealkylation sites (tertiary alicyclic amines) is 1. The van der Waals surface area contributed by atoms with Crippen molar-refractivity contribution in [1.82, 2.24) is 10.2 Å². The zero-order chi connectivity index (χ0) is 14.5. The fourth-order valence-electron chi connectivity index (χ4n) is 2.45. The van der Waals surface area contributed by atoms with Crippen LogP contribution < -0.4 is 5.32 Å². The summed E-state index contributed by atoms with van der Waals surface area (Å²) in [6, 6.07) is -0.159. The molecule has 0 saturated carbocycles. The van der Waals surface area contributed by atoms with Crippen LogP contribution in [-0.2, 0) is 4.79 Å². The van der Waals surface area contributed by atoms with Gasteiger partial charge >= 0.3 is 12.0 Å². The first-order valence-corrected chi connectivity index (χ1v) is 6.81. The molecule has 1 aliphatic rings. The van der Waals surface area contributed by atoms with Crippen LogP contribution in [0.1, 0.15) is 33.1 Å². The summed E-state index contributed by atoms with van der Waals surface area (Å²) in [6.07, 6.45) is 4.07. The van der Waals surface area contributed by atoms with Crippen molar-refractivity contribution >= 4 is 12.0 Å². The summed E-state index contributed by atoms with van der Waals surface area (Å²) in [5.74, 6) is -0.784. The number of carboxylic acid groups (broad SMARTS) is 1. The van der Waals surface area contributed by atoms with Gasteiger partial charge in [-0.05, 0) is 25.2 Å². The minimum atomic E-state index is -0.801. The molecular weight excluding hydrogens is 244 g/mol. The predicted octanol–water partition coefficient (Wildman–Crippen LogP) is 2.09. The predicted molar refractivity (Wildman–Crippen MR) is 73.9 cm³/mol. The number of unbranched alkanes of at least 4 members (excludes halogenated alkanes) is 1. The molecular formula is C14H24N2O3. The van der Waals surface area contributed by atoms with Crippen molar-refractivity contribution in [3.05, 3.63) is 12.7 Å². The van der Waals surface area contributed by atoms with Gasteiger partial charge in [0.15, 0.2) is 0 Å². The van der Waals surface area contributed by atoms with Crippen molar-refractivity contribution < 1.29 is 14.7 Å². The minimum Gasteiger partial charge on any atom is -0.481 e. The number of carboxylic acids is 1. The summed E-state index contributed by atoms with van der Waals surface area (Å²) in [6.45, 7) is 8.84. The number of carbonyl (C=O) groups excluding carboxylic acids is 1.